The van der Waals surface area contributed by atoms with Gasteiger partial charge in [0, 0.05) is 4.47 Å². The quantitative estimate of drug-likeness (QED) is 0.852. The van der Waals surface area contributed by atoms with Gasteiger partial charge in [0.05, 0.1) is 18.4 Å². The van der Waals surface area contributed by atoms with Gasteiger partial charge in [-0.3, -0.25) is 4.79 Å². The normalized spacial score (nSPS) is 10.2. The van der Waals surface area contributed by atoms with Crippen LogP contribution in [0.3, 0.4) is 0 Å². The Kier molecular flexibility index (Phi) is 4.57. The van der Waals surface area contributed by atoms with Crippen molar-refractivity contribution < 1.29 is 14.3 Å². The van der Waals surface area contributed by atoms with E-state index in [2.05, 4.69) is 21.2 Å². The molecule has 0 fully saturated rings. The molecule has 0 aliphatic rings. The first-order valence-corrected chi connectivity index (χ1v) is 7.43. The van der Waals surface area contributed by atoms with Crippen molar-refractivity contribution in [2.24, 2.45) is 0 Å². The van der Waals surface area contributed by atoms with Gasteiger partial charge in [-0.25, -0.2) is 4.79 Å². The van der Waals surface area contributed by atoms with Crippen LogP contribution < -0.4 is 5.32 Å². The molecule has 20 heavy (non-hydrogen) atoms. The van der Waals surface area contributed by atoms with Crippen molar-refractivity contribution in [1.82, 2.24) is 0 Å². The largest absolute Gasteiger partial charge is 0.465 e. The van der Waals surface area contributed by atoms with E-state index in [9.17, 15) is 9.59 Å². The maximum atomic E-state index is 12.2. The number of ether oxygens (including phenoxy) is 1. The summed E-state index contributed by atoms with van der Waals surface area (Å²) in [6.45, 7) is 1.87. The summed E-state index contributed by atoms with van der Waals surface area (Å²) in [5.41, 5.74) is 1.70. The first-order valence-electron chi connectivity index (χ1n) is 5.76. The van der Waals surface area contributed by atoms with Crippen molar-refractivity contribution in [3.05, 3.63) is 50.1 Å². The van der Waals surface area contributed by atoms with E-state index in [1.54, 1.807) is 18.2 Å². The minimum atomic E-state index is -0.478. The van der Waals surface area contributed by atoms with E-state index < -0.39 is 5.97 Å². The molecule has 0 aliphatic heterocycles. The van der Waals surface area contributed by atoms with E-state index in [4.69, 9.17) is 4.74 Å². The van der Waals surface area contributed by atoms with Gasteiger partial charge in [-0.15, -0.1) is 11.3 Å². The fourth-order valence-electron chi connectivity index (χ4n) is 1.68. The molecule has 104 valence electrons. The molecule has 0 atom stereocenters. The Morgan fingerprint density at radius 1 is 1.30 bits per heavy atom. The Labute approximate surface area is 128 Å². The molecule has 1 amide bonds. The summed E-state index contributed by atoms with van der Waals surface area (Å²) >= 11 is 4.64. The summed E-state index contributed by atoms with van der Waals surface area (Å²) in [7, 11) is 1.31. The Balaban J connectivity index is 2.32. The molecule has 1 N–H and O–H groups in total. The van der Waals surface area contributed by atoms with Gasteiger partial charge in [0.1, 0.15) is 4.88 Å². The smallest absolute Gasteiger partial charge is 0.339 e. The number of carbonyl (C=O) groups is 2. The number of hydrogen-bond acceptors (Lipinski definition) is 4. The second-order valence-electron chi connectivity index (χ2n) is 4.09. The van der Waals surface area contributed by atoms with Crippen LogP contribution in [0.1, 0.15) is 25.6 Å². The number of amides is 1. The summed E-state index contributed by atoms with van der Waals surface area (Å²) in [6.07, 6.45) is 0. The van der Waals surface area contributed by atoms with E-state index in [0.717, 1.165) is 10.0 Å². The molecule has 1 aromatic heterocycles. The van der Waals surface area contributed by atoms with Crippen LogP contribution in [0.15, 0.2) is 34.1 Å². The van der Waals surface area contributed by atoms with Crippen molar-refractivity contribution >= 4 is 44.8 Å². The predicted octanol–water partition coefficient (Wildman–Crippen LogP) is 3.86. The molecule has 2 rings (SSSR count). The van der Waals surface area contributed by atoms with Crippen LogP contribution in [0.25, 0.3) is 0 Å². The molecule has 4 nitrogen and oxygen atoms in total. The van der Waals surface area contributed by atoms with Crippen LogP contribution >= 0.6 is 27.3 Å². The summed E-state index contributed by atoms with van der Waals surface area (Å²) < 4.78 is 5.46. The lowest BCUT2D eigenvalue weighted by Crippen LogP contribution is -2.15. The third kappa shape index (κ3) is 3.08. The standard InChI is InChI=1S/C14H12BrNO3S/c1-8-3-4-11(9(7-8)14(18)19-2)16-13(17)12-10(15)5-6-20-12/h3-7H,1-2H3,(H,16,17). The Morgan fingerprint density at radius 3 is 2.65 bits per heavy atom. The number of nitrogens with one attached hydrogen (secondary N) is 1. The lowest BCUT2D eigenvalue weighted by atomic mass is 10.1. The molecule has 0 saturated carbocycles. The number of benzene rings is 1. The zero-order valence-corrected chi connectivity index (χ0v) is 13.3. The van der Waals surface area contributed by atoms with Gasteiger partial charge in [-0.2, -0.15) is 0 Å². The maximum Gasteiger partial charge on any atom is 0.339 e. The zero-order chi connectivity index (χ0) is 14.7. The van der Waals surface area contributed by atoms with Crippen molar-refractivity contribution in [2.45, 2.75) is 6.92 Å². The molecule has 0 aliphatic carbocycles. The maximum absolute atomic E-state index is 12.2. The van der Waals surface area contributed by atoms with E-state index in [1.165, 1.54) is 18.4 Å². The van der Waals surface area contributed by atoms with Crippen molar-refractivity contribution in [2.75, 3.05) is 12.4 Å². The second kappa shape index (κ2) is 6.19. The average molecular weight is 354 g/mol. The molecule has 0 radical (unpaired) electrons. The van der Waals surface area contributed by atoms with E-state index >= 15 is 0 Å². The molecule has 6 heteroatoms. The van der Waals surface area contributed by atoms with Crippen LogP contribution in [0.2, 0.25) is 0 Å². The van der Waals surface area contributed by atoms with Gasteiger partial charge in [0.2, 0.25) is 0 Å². The molecule has 0 unspecified atom stereocenters. The first kappa shape index (κ1) is 14.7. The van der Waals surface area contributed by atoms with Gasteiger partial charge < -0.3 is 10.1 Å². The van der Waals surface area contributed by atoms with Gasteiger partial charge in [-0.05, 0) is 46.4 Å². The zero-order valence-electron chi connectivity index (χ0n) is 10.9. The second-order valence-corrected chi connectivity index (χ2v) is 5.86. The van der Waals surface area contributed by atoms with Gasteiger partial charge in [-0.1, -0.05) is 11.6 Å². The number of esters is 1. The summed E-state index contributed by atoms with van der Waals surface area (Å²) in [4.78, 5) is 24.5. The third-order valence-electron chi connectivity index (χ3n) is 2.65. The predicted molar refractivity (Wildman–Crippen MR) is 82.5 cm³/mol. The highest BCUT2D eigenvalue weighted by Gasteiger charge is 2.17. The van der Waals surface area contributed by atoms with Gasteiger partial charge in [0.15, 0.2) is 0 Å². The number of rotatable bonds is 3. The van der Waals surface area contributed by atoms with Crippen LogP contribution in [0.5, 0.6) is 0 Å². The number of aryl methyl sites for hydroxylation is 1. The number of thiophene rings is 1. The monoisotopic (exact) mass is 353 g/mol. The highest BCUT2D eigenvalue weighted by Crippen LogP contribution is 2.25. The Bertz CT molecular complexity index is 666. The van der Waals surface area contributed by atoms with Crippen molar-refractivity contribution in [1.29, 1.82) is 0 Å². The summed E-state index contributed by atoms with van der Waals surface area (Å²) in [6, 6.07) is 7.01. The van der Waals surface area contributed by atoms with Crippen LogP contribution in [-0.4, -0.2) is 19.0 Å². The lowest BCUT2D eigenvalue weighted by molar-refractivity contribution is 0.0602. The molecule has 0 spiro atoms. The first-order chi connectivity index (χ1) is 9.52. The molecular weight excluding hydrogens is 342 g/mol. The highest BCUT2D eigenvalue weighted by atomic mass is 79.9. The SMILES string of the molecule is COC(=O)c1cc(C)ccc1NC(=O)c1sccc1Br. The van der Waals surface area contributed by atoms with Gasteiger partial charge in [0.25, 0.3) is 5.91 Å². The van der Waals surface area contributed by atoms with E-state index in [-0.39, 0.29) is 5.91 Å². The number of hydrogen-bond donors (Lipinski definition) is 1. The fourth-order valence-corrected chi connectivity index (χ4v) is 3.13. The fraction of sp³-hybridized carbons (Fsp3) is 0.143. The van der Waals surface area contributed by atoms with E-state index in [1.807, 2.05) is 18.4 Å². The molecule has 1 heterocycles. The lowest BCUT2D eigenvalue weighted by Gasteiger charge is -2.10. The Hall–Kier alpha value is -1.66. The topological polar surface area (TPSA) is 55.4 Å². The summed E-state index contributed by atoms with van der Waals surface area (Å²) in [5, 5.41) is 4.55. The van der Waals surface area contributed by atoms with Crippen molar-refractivity contribution in [3.8, 4) is 0 Å². The molecule has 2 aromatic rings. The molecular formula is C14H12BrNO3S. The Morgan fingerprint density at radius 2 is 2.05 bits per heavy atom. The number of carbonyl (C=O) groups excluding carboxylic acids is 2. The minimum Gasteiger partial charge on any atom is -0.465 e. The number of anilines is 1. The van der Waals surface area contributed by atoms with Crippen LogP contribution in [-0.2, 0) is 4.74 Å². The number of methoxy groups -OCH3 is 1. The minimum absolute atomic E-state index is 0.263. The van der Waals surface area contributed by atoms with E-state index in [0.29, 0.717) is 16.1 Å². The third-order valence-corrected chi connectivity index (χ3v) is 4.49. The molecule has 0 bridgehead atoms. The summed E-state index contributed by atoms with van der Waals surface area (Å²) in [5.74, 6) is -0.741. The average Bonchev–Trinajstić information content (AvgIpc) is 2.86. The van der Waals surface area contributed by atoms with Gasteiger partial charge >= 0.3 is 5.97 Å². The van der Waals surface area contributed by atoms with Crippen LogP contribution in [0, 0.1) is 6.92 Å². The highest BCUT2D eigenvalue weighted by molar-refractivity contribution is 9.10. The molecule has 0 saturated heterocycles. The van der Waals surface area contributed by atoms with Crippen molar-refractivity contribution in [3.63, 3.8) is 0 Å². The number of halogens is 1. The molecule has 1 aromatic carbocycles. The van der Waals surface area contributed by atoms with Crippen LogP contribution in [0.4, 0.5) is 5.69 Å².